The van der Waals surface area contributed by atoms with Crippen LogP contribution in [0.25, 0.3) is 0 Å². The van der Waals surface area contributed by atoms with Crippen LogP contribution in [-0.4, -0.2) is 63.7 Å². The Kier molecular flexibility index (Phi) is 8.00. The SMILES string of the molecule is COCC(=O)OCC(=O)N(C)CC(=O)Nc1cc(Cl)ccc1OC. The first kappa shape index (κ1) is 19.7. The average molecular weight is 359 g/mol. The van der Waals surface area contributed by atoms with Crippen LogP contribution in [0.3, 0.4) is 0 Å². The highest BCUT2D eigenvalue weighted by Crippen LogP contribution is 2.27. The second kappa shape index (κ2) is 9.74. The maximum Gasteiger partial charge on any atom is 0.332 e. The van der Waals surface area contributed by atoms with E-state index in [1.54, 1.807) is 12.1 Å². The lowest BCUT2D eigenvalue weighted by atomic mass is 10.3. The van der Waals surface area contributed by atoms with Crippen LogP contribution in [0.5, 0.6) is 5.75 Å². The highest BCUT2D eigenvalue weighted by Gasteiger charge is 2.16. The van der Waals surface area contributed by atoms with Gasteiger partial charge < -0.3 is 24.4 Å². The standard InChI is InChI=1S/C15H19ClN2O6/c1-18(14(20)8-24-15(21)9-22-2)7-13(19)17-11-6-10(16)4-5-12(11)23-3/h4-6H,7-9H2,1-3H3,(H,17,19). The molecule has 0 aromatic heterocycles. The molecule has 0 saturated heterocycles. The van der Waals surface area contributed by atoms with Gasteiger partial charge in [0.05, 0.1) is 19.3 Å². The molecule has 1 N–H and O–H groups in total. The number of hydrogen-bond acceptors (Lipinski definition) is 6. The number of anilines is 1. The molecule has 0 aliphatic heterocycles. The third-order valence-corrected chi connectivity index (χ3v) is 3.10. The van der Waals surface area contributed by atoms with Crippen molar-refractivity contribution >= 4 is 35.1 Å². The van der Waals surface area contributed by atoms with Gasteiger partial charge in [-0.15, -0.1) is 0 Å². The van der Waals surface area contributed by atoms with E-state index in [1.165, 1.54) is 27.3 Å². The third kappa shape index (κ3) is 6.43. The fraction of sp³-hybridized carbons (Fsp3) is 0.400. The van der Waals surface area contributed by atoms with Gasteiger partial charge in [-0.2, -0.15) is 0 Å². The predicted molar refractivity (Wildman–Crippen MR) is 87.1 cm³/mol. The van der Waals surface area contributed by atoms with Crippen molar-refractivity contribution in [2.75, 3.05) is 46.3 Å². The van der Waals surface area contributed by atoms with Crippen molar-refractivity contribution in [1.29, 1.82) is 0 Å². The van der Waals surface area contributed by atoms with Gasteiger partial charge in [0.1, 0.15) is 12.4 Å². The molecule has 0 atom stereocenters. The number of amides is 2. The lowest BCUT2D eigenvalue weighted by molar-refractivity contribution is -0.154. The Balaban J connectivity index is 2.53. The summed E-state index contributed by atoms with van der Waals surface area (Å²) in [5.41, 5.74) is 0.391. The molecule has 8 nitrogen and oxygen atoms in total. The van der Waals surface area contributed by atoms with Crippen LogP contribution in [-0.2, 0) is 23.9 Å². The number of methoxy groups -OCH3 is 2. The number of rotatable bonds is 8. The minimum atomic E-state index is -0.660. The average Bonchev–Trinajstić information content (AvgIpc) is 2.52. The quantitative estimate of drug-likeness (QED) is 0.695. The van der Waals surface area contributed by atoms with Crippen molar-refractivity contribution in [1.82, 2.24) is 4.90 Å². The number of carbonyl (C=O) groups is 3. The normalized spacial score (nSPS) is 10.0. The highest BCUT2D eigenvalue weighted by atomic mass is 35.5. The summed E-state index contributed by atoms with van der Waals surface area (Å²) >= 11 is 5.88. The minimum Gasteiger partial charge on any atom is -0.495 e. The number of likely N-dealkylation sites (N-methyl/N-ethyl adjacent to an activating group) is 1. The monoisotopic (exact) mass is 358 g/mol. The number of halogens is 1. The fourth-order valence-corrected chi connectivity index (χ4v) is 1.86. The molecule has 0 aliphatic carbocycles. The van der Waals surface area contributed by atoms with E-state index < -0.39 is 24.4 Å². The van der Waals surface area contributed by atoms with E-state index in [4.69, 9.17) is 21.1 Å². The van der Waals surface area contributed by atoms with Crippen molar-refractivity contribution < 1.29 is 28.6 Å². The smallest absolute Gasteiger partial charge is 0.332 e. The summed E-state index contributed by atoms with van der Waals surface area (Å²) in [6, 6.07) is 4.77. The number of nitrogens with one attached hydrogen (secondary N) is 1. The number of benzene rings is 1. The Morgan fingerprint density at radius 2 is 1.92 bits per heavy atom. The zero-order valence-corrected chi connectivity index (χ0v) is 14.4. The van der Waals surface area contributed by atoms with E-state index in [1.807, 2.05) is 0 Å². The van der Waals surface area contributed by atoms with E-state index >= 15 is 0 Å². The molecule has 1 aromatic rings. The Labute approximate surface area is 144 Å². The number of nitrogens with zero attached hydrogens (tertiary/aromatic N) is 1. The van der Waals surface area contributed by atoms with Gasteiger partial charge in [0, 0.05) is 19.2 Å². The molecule has 0 heterocycles. The van der Waals surface area contributed by atoms with Crippen molar-refractivity contribution in [3.8, 4) is 5.75 Å². The predicted octanol–water partition coefficient (Wildman–Crippen LogP) is 0.935. The van der Waals surface area contributed by atoms with Crippen LogP contribution in [0.1, 0.15) is 0 Å². The zero-order chi connectivity index (χ0) is 18.1. The summed E-state index contributed by atoms with van der Waals surface area (Å²) in [4.78, 5) is 36.1. The van der Waals surface area contributed by atoms with Crippen LogP contribution in [0.2, 0.25) is 5.02 Å². The first-order valence-corrected chi connectivity index (χ1v) is 7.27. The minimum absolute atomic E-state index is 0.226. The summed E-state index contributed by atoms with van der Waals surface area (Å²) in [5.74, 6) is -1.19. The van der Waals surface area contributed by atoms with Crippen molar-refractivity contribution in [3.05, 3.63) is 23.2 Å². The zero-order valence-electron chi connectivity index (χ0n) is 13.6. The van der Waals surface area contributed by atoms with Gasteiger partial charge in [0.2, 0.25) is 5.91 Å². The summed E-state index contributed by atoms with van der Waals surface area (Å²) in [6.45, 7) is -0.936. The molecule has 0 radical (unpaired) electrons. The molecule has 0 bridgehead atoms. The molecule has 0 saturated carbocycles. The number of ether oxygens (including phenoxy) is 3. The largest absolute Gasteiger partial charge is 0.495 e. The molecular formula is C15H19ClN2O6. The first-order valence-electron chi connectivity index (χ1n) is 6.89. The van der Waals surface area contributed by atoms with Gasteiger partial charge in [-0.3, -0.25) is 9.59 Å². The number of hydrogen-bond donors (Lipinski definition) is 1. The van der Waals surface area contributed by atoms with Gasteiger partial charge in [-0.1, -0.05) is 11.6 Å². The van der Waals surface area contributed by atoms with E-state index in [2.05, 4.69) is 10.1 Å². The lowest BCUT2D eigenvalue weighted by Gasteiger charge is -2.17. The van der Waals surface area contributed by atoms with E-state index in [-0.39, 0.29) is 13.2 Å². The summed E-state index contributed by atoms with van der Waals surface area (Å²) in [6.07, 6.45) is 0. The molecule has 0 unspecified atom stereocenters. The fourth-order valence-electron chi connectivity index (χ4n) is 1.68. The highest BCUT2D eigenvalue weighted by molar-refractivity contribution is 6.31. The third-order valence-electron chi connectivity index (χ3n) is 2.86. The van der Waals surface area contributed by atoms with Crippen LogP contribution < -0.4 is 10.1 Å². The summed E-state index contributed by atoms with van der Waals surface area (Å²) in [5, 5.41) is 3.03. The Morgan fingerprint density at radius 1 is 1.21 bits per heavy atom. The molecule has 2 amide bonds. The van der Waals surface area contributed by atoms with Crippen molar-refractivity contribution in [2.24, 2.45) is 0 Å². The van der Waals surface area contributed by atoms with Gasteiger partial charge in [-0.05, 0) is 18.2 Å². The summed E-state index contributed by atoms with van der Waals surface area (Å²) in [7, 11) is 4.22. The second-order valence-corrected chi connectivity index (χ2v) is 5.17. The molecule has 1 aromatic carbocycles. The molecule has 0 fully saturated rings. The lowest BCUT2D eigenvalue weighted by Crippen LogP contribution is -2.37. The van der Waals surface area contributed by atoms with E-state index in [0.29, 0.717) is 16.5 Å². The van der Waals surface area contributed by atoms with Gasteiger partial charge in [-0.25, -0.2) is 4.79 Å². The molecule has 132 valence electrons. The van der Waals surface area contributed by atoms with Crippen LogP contribution in [0.15, 0.2) is 18.2 Å². The van der Waals surface area contributed by atoms with E-state index in [9.17, 15) is 14.4 Å². The number of esters is 1. The molecular weight excluding hydrogens is 340 g/mol. The Hall–Kier alpha value is -2.32. The van der Waals surface area contributed by atoms with Gasteiger partial charge >= 0.3 is 5.97 Å². The maximum atomic E-state index is 12.0. The van der Waals surface area contributed by atoms with Gasteiger partial charge in [0.15, 0.2) is 6.61 Å². The van der Waals surface area contributed by atoms with Crippen LogP contribution in [0, 0.1) is 0 Å². The maximum absolute atomic E-state index is 12.0. The van der Waals surface area contributed by atoms with E-state index in [0.717, 1.165) is 4.90 Å². The molecule has 9 heteroatoms. The molecule has 24 heavy (non-hydrogen) atoms. The van der Waals surface area contributed by atoms with Crippen LogP contribution >= 0.6 is 11.6 Å². The van der Waals surface area contributed by atoms with Crippen LogP contribution in [0.4, 0.5) is 5.69 Å². The molecule has 0 aliphatic rings. The molecule has 1 rings (SSSR count). The Morgan fingerprint density at radius 3 is 2.54 bits per heavy atom. The van der Waals surface area contributed by atoms with Gasteiger partial charge in [0.25, 0.3) is 5.91 Å². The van der Waals surface area contributed by atoms with Crippen molar-refractivity contribution in [3.63, 3.8) is 0 Å². The number of carbonyl (C=O) groups excluding carboxylic acids is 3. The Bertz CT molecular complexity index is 608. The first-order chi connectivity index (χ1) is 11.4. The van der Waals surface area contributed by atoms with Crippen molar-refractivity contribution in [2.45, 2.75) is 0 Å². The molecule has 0 spiro atoms. The second-order valence-electron chi connectivity index (χ2n) is 4.74. The summed E-state index contributed by atoms with van der Waals surface area (Å²) < 4.78 is 14.4. The topological polar surface area (TPSA) is 94.2 Å².